The number of carboxylic acids is 1. The van der Waals surface area contributed by atoms with Crippen LogP contribution in [0.5, 0.6) is 0 Å². The van der Waals surface area contributed by atoms with E-state index in [9.17, 15) is 14.7 Å². The highest BCUT2D eigenvalue weighted by atomic mass is 32.2. The van der Waals surface area contributed by atoms with Crippen molar-refractivity contribution in [2.75, 3.05) is 12.3 Å². The van der Waals surface area contributed by atoms with Gasteiger partial charge in [0.2, 0.25) is 5.91 Å². The summed E-state index contributed by atoms with van der Waals surface area (Å²) in [5, 5.41) is 9.62. The molecule has 22 heavy (non-hydrogen) atoms. The summed E-state index contributed by atoms with van der Waals surface area (Å²) in [5.41, 5.74) is 1.07. The molecule has 1 saturated heterocycles. The monoisotopic (exact) mass is 317 g/mol. The van der Waals surface area contributed by atoms with E-state index in [0.717, 1.165) is 35.5 Å². The molecular weight excluding hydrogens is 298 g/mol. The predicted molar refractivity (Wildman–Crippen MR) is 83.9 cm³/mol. The number of nitrogens with zero attached hydrogens (tertiary/aromatic N) is 1. The van der Waals surface area contributed by atoms with Crippen molar-refractivity contribution in [2.24, 2.45) is 11.8 Å². The SMILES string of the molecule is O=C(O)C1C2CCCC2CN1C(=O)C1CSc2ccccc21. The summed E-state index contributed by atoms with van der Waals surface area (Å²) in [4.78, 5) is 27.6. The van der Waals surface area contributed by atoms with E-state index in [2.05, 4.69) is 0 Å². The van der Waals surface area contributed by atoms with Gasteiger partial charge in [-0.05, 0) is 36.3 Å². The quantitative estimate of drug-likeness (QED) is 0.911. The lowest BCUT2D eigenvalue weighted by molar-refractivity contribution is -0.150. The Hall–Kier alpha value is -1.49. The summed E-state index contributed by atoms with van der Waals surface area (Å²) >= 11 is 1.70. The second kappa shape index (κ2) is 5.30. The van der Waals surface area contributed by atoms with Crippen molar-refractivity contribution in [3.8, 4) is 0 Å². The number of carboxylic acid groups (broad SMARTS) is 1. The number of amides is 1. The van der Waals surface area contributed by atoms with Gasteiger partial charge in [-0.1, -0.05) is 24.6 Å². The van der Waals surface area contributed by atoms with E-state index >= 15 is 0 Å². The molecule has 1 aromatic rings. The predicted octanol–water partition coefficient (Wildman–Crippen LogP) is 2.59. The molecule has 2 heterocycles. The first-order valence-corrected chi connectivity index (χ1v) is 8.90. The van der Waals surface area contributed by atoms with E-state index in [-0.39, 0.29) is 17.7 Å². The Labute approximate surface area is 133 Å². The number of rotatable bonds is 2. The number of benzene rings is 1. The third-order valence-corrected chi connectivity index (χ3v) is 6.61. The molecule has 5 heteroatoms. The molecule has 0 bridgehead atoms. The lowest BCUT2D eigenvalue weighted by Crippen LogP contribution is -2.45. The van der Waals surface area contributed by atoms with Crippen LogP contribution in [0.2, 0.25) is 0 Å². The number of aliphatic carboxylic acids is 1. The lowest BCUT2D eigenvalue weighted by atomic mass is 9.94. The maximum Gasteiger partial charge on any atom is 0.326 e. The molecule has 1 amide bonds. The minimum absolute atomic E-state index is 0.0132. The average molecular weight is 317 g/mol. The van der Waals surface area contributed by atoms with E-state index in [1.807, 2.05) is 24.3 Å². The van der Waals surface area contributed by atoms with Crippen LogP contribution >= 0.6 is 11.8 Å². The van der Waals surface area contributed by atoms with E-state index < -0.39 is 12.0 Å². The Balaban J connectivity index is 1.62. The Morgan fingerprint density at radius 2 is 2.05 bits per heavy atom. The van der Waals surface area contributed by atoms with Gasteiger partial charge in [-0.15, -0.1) is 11.8 Å². The van der Waals surface area contributed by atoms with Gasteiger partial charge in [0.25, 0.3) is 0 Å². The first-order valence-electron chi connectivity index (χ1n) is 7.92. The maximum absolute atomic E-state index is 13.0. The zero-order valence-corrected chi connectivity index (χ0v) is 13.1. The average Bonchev–Trinajstić information content (AvgIpc) is 3.19. The standard InChI is InChI=1S/C17H19NO3S/c19-16(13-9-22-14-7-2-1-5-12(13)14)18-8-10-4-3-6-11(10)15(18)17(20)21/h1-2,5,7,10-11,13,15H,3-4,6,8-9H2,(H,20,21). The Bertz CT molecular complexity index is 632. The fourth-order valence-electron chi connectivity index (χ4n) is 4.42. The molecule has 1 N–H and O–H groups in total. The number of carbonyl (C=O) groups excluding carboxylic acids is 1. The highest BCUT2D eigenvalue weighted by Crippen LogP contribution is 2.45. The van der Waals surface area contributed by atoms with Crippen molar-refractivity contribution in [1.29, 1.82) is 0 Å². The fraction of sp³-hybridized carbons (Fsp3) is 0.529. The lowest BCUT2D eigenvalue weighted by Gasteiger charge is -2.27. The molecule has 4 nitrogen and oxygen atoms in total. The summed E-state index contributed by atoms with van der Waals surface area (Å²) in [6.07, 6.45) is 3.11. The van der Waals surface area contributed by atoms with Crippen LogP contribution in [-0.2, 0) is 9.59 Å². The minimum Gasteiger partial charge on any atom is -0.480 e. The Kier molecular flexibility index (Phi) is 3.40. The number of thioether (sulfide) groups is 1. The van der Waals surface area contributed by atoms with Crippen LogP contribution in [-0.4, -0.2) is 40.2 Å². The van der Waals surface area contributed by atoms with Gasteiger partial charge in [0.15, 0.2) is 0 Å². The third kappa shape index (κ3) is 2.06. The van der Waals surface area contributed by atoms with Gasteiger partial charge < -0.3 is 10.0 Å². The number of hydrogen-bond acceptors (Lipinski definition) is 3. The van der Waals surface area contributed by atoms with Gasteiger partial charge in [0.05, 0.1) is 5.92 Å². The molecule has 1 aliphatic carbocycles. The molecule has 0 spiro atoms. The van der Waals surface area contributed by atoms with Crippen LogP contribution in [0.15, 0.2) is 29.2 Å². The van der Waals surface area contributed by atoms with E-state index in [4.69, 9.17) is 0 Å². The Morgan fingerprint density at radius 3 is 2.86 bits per heavy atom. The van der Waals surface area contributed by atoms with Crippen LogP contribution in [0.25, 0.3) is 0 Å². The van der Waals surface area contributed by atoms with Gasteiger partial charge >= 0.3 is 5.97 Å². The van der Waals surface area contributed by atoms with Gasteiger partial charge in [-0.25, -0.2) is 4.79 Å². The molecule has 2 fully saturated rings. The largest absolute Gasteiger partial charge is 0.480 e. The zero-order chi connectivity index (χ0) is 15.3. The molecule has 116 valence electrons. The van der Waals surface area contributed by atoms with E-state index in [1.54, 1.807) is 16.7 Å². The van der Waals surface area contributed by atoms with Gasteiger partial charge in [0.1, 0.15) is 6.04 Å². The first kappa shape index (κ1) is 14.1. The third-order valence-electron chi connectivity index (χ3n) is 5.42. The van der Waals surface area contributed by atoms with Gasteiger partial charge in [0, 0.05) is 17.2 Å². The fourth-order valence-corrected chi connectivity index (χ4v) is 5.64. The molecule has 1 saturated carbocycles. The Morgan fingerprint density at radius 1 is 1.23 bits per heavy atom. The molecule has 4 atom stereocenters. The zero-order valence-electron chi connectivity index (χ0n) is 12.3. The summed E-state index contributed by atoms with van der Waals surface area (Å²) in [6.45, 7) is 0.629. The van der Waals surface area contributed by atoms with Crippen molar-refractivity contribution in [1.82, 2.24) is 4.90 Å². The molecular formula is C17H19NO3S. The van der Waals surface area contributed by atoms with Crippen molar-refractivity contribution in [3.05, 3.63) is 29.8 Å². The smallest absolute Gasteiger partial charge is 0.326 e. The number of carbonyl (C=O) groups is 2. The topological polar surface area (TPSA) is 57.6 Å². The minimum atomic E-state index is -0.832. The summed E-state index contributed by atoms with van der Waals surface area (Å²) in [6, 6.07) is 7.38. The number of hydrogen-bond donors (Lipinski definition) is 1. The van der Waals surface area contributed by atoms with Crippen LogP contribution in [0, 0.1) is 11.8 Å². The van der Waals surface area contributed by atoms with Crippen molar-refractivity contribution in [3.63, 3.8) is 0 Å². The second-order valence-electron chi connectivity index (χ2n) is 6.53. The van der Waals surface area contributed by atoms with Crippen LogP contribution in [0.3, 0.4) is 0 Å². The van der Waals surface area contributed by atoms with Crippen LogP contribution in [0.4, 0.5) is 0 Å². The van der Waals surface area contributed by atoms with Gasteiger partial charge in [-0.3, -0.25) is 4.79 Å². The molecule has 4 rings (SSSR count). The van der Waals surface area contributed by atoms with Crippen molar-refractivity contribution >= 4 is 23.6 Å². The van der Waals surface area contributed by atoms with Crippen molar-refractivity contribution in [2.45, 2.75) is 36.1 Å². The summed E-state index contributed by atoms with van der Waals surface area (Å²) < 4.78 is 0. The van der Waals surface area contributed by atoms with E-state index in [0.29, 0.717) is 12.5 Å². The van der Waals surface area contributed by atoms with Crippen LogP contribution < -0.4 is 0 Å². The highest BCUT2D eigenvalue weighted by molar-refractivity contribution is 7.99. The number of likely N-dealkylation sites (tertiary alicyclic amines) is 1. The number of fused-ring (bicyclic) bond motifs is 2. The highest BCUT2D eigenvalue weighted by Gasteiger charge is 2.51. The van der Waals surface area contributed by atoms with Gasteiger partial charge in [-0.2, -0.15) is 0 Å². The first-order chi connectivity index (χ1) is 10.7. The molecule has 1 aromatic carbocycles. The molecule has 4 unspecified atom stereocenters. The molecule has 0 aromatic heterocycles. The normalized spacial score (nSPS) is 32.8. The molecule has 0 radical (unpaired) electrons. The van der Waals surface area contributed by atoms with Crippen LogP contribution in [0.1, 0.15) is 30.7 Å². The summed E-state index contributed by atoms with van der Waals surface area (Å²) in [7, 11) is 0. The maximum atomic E-state index is 13.0. The molecule has 2 aliphatic heterocycles. The summed E-state index contributed by atoms with van der Waals surface area (Å²) in [5.74, 6) is 0.277. The second-order valence-corrected chi connectivity index (χ2v) is 7.59. The van der Waals surface area contributed by atoms with Crippen molar-refractivity contribution < 1.29 is 14.7 Å². The van der Waals surface area contributed by atoms with E-state index in [1.165, 1.54) is 0 Å². The molecule has 3 aliphatic rings.